The molecule has 21 heavy (non-hydrogen) atoms. The molecule has 0 radical (unpaired) electrons. The normalized spacial score (nSPS) is 14.2. The fraction of sp³-hybridized carbons (Fsp3) is 0.467. The number of rotatable bonds is 6. The molecule has 1 aromatic carbocycles. The topological polar surface area (TPSA) is 79.5 Å². The summed E-state index contributed by atoms with van der Waals surface area (Å²) in [6, 6.07) is 8.07. The highest BCUT2D eigenvalue weighted by molar-refractivity contribution is 14.0. The number of guanidine groups is 1. The minimum absolute atomic E-state index is 0. The quantitative estimate of drug-likeness (QED) is 0.295. The van der Waals surface area contributed by atoms with Gasteiger partial charge in [-0.25, -0.2) is 0 Å². The number of aryl methyl sites for hydroxylation is 1. The van der Waals surface area contributed by atoms with Gasteiger partial charge in [0.25, 0.3) is 0 Å². The summed E-state index contributed by atoms with van der Waals surface area (Å²) in [5, 5.41) is 5.91. The van der Waals surface area contributed by atoms with E-state index in [1.54, 1.807) is 0 Å². The van der Waals surface area contributed by atoms with Crippen molar-refractivity contribution >= 4 is 41.5 Å². The zero-order valence-corrected chi connectivity index (χ0v) is 14.6. The van der Waals surface area contributed by atoms with Crippen LogP contribution in [-0.4, -0.2) is 25.0 Å². The SMILES string of the molecule is CCc1cccc(NC(N)=NCCNC(=O)C2CC2)c1.I. The highest BCUT2D eigenvalue weighted by atomic mass is 127. The summed E-state index contributed by atoms with van der Waals surface area (Å²) in [6.07, 6.45) is 3.03. The van der Waals surface area contributed by atoms with Crippen molar-refractivity contribution in [3.8, 4) is 0 Å². The summed E-state index contributed by atoms with van der Waals surface area (Å²) in [7, 11) is 0. The molecule has 0 aromatic heterocycles. The number of carbonyl (C=O) groups is 1. The number of nitrogens with zero attached hydrogens (tertiary/aromatic N) is 1. The molecule has 1 aromatic rings. The van der Waals surface area contributed by atoms with Gasteiger partial charge >= 0.3 is 0 Å². The van der Waals surface area contributed by atoms with Crippen LogP contribution in [0.1, 0.15) is 25.3 Å². The van der Waals surface area contributed by atoms with E-state index in [4.69, 9.17) is 5.73 Å². The minimum atomic E-state index is 0. The lowest BCUT2D eigenvalue weighted by Gasteiger charge is -2.07. The zero-order valence-electron chi connectivity index (χ0n) is 12.3. The van der Waals surface area contributed by atoms with Crippen molar-refractivity contribution in [2.24, 2.45) is 16.6 Å². The van der Waals surface area contributed by atoms with Crippen LogP contribution in [0, 0.1) is 5.92 Å². The first-order valence-electron chi connectivity index (χ1n) is 7.12. The first-order valence-corrected chi connectivity index (χ1v) is 7.12. The molecule has 5 nitrogen and oxygen atoms in total. The number of hydrogen-bond acceptors (Lipinski definition) is 2. The van der Waals surface area contributed by atoms with Crippen molar-refractivity contribution in [1.29, 1.82) is 0 Å². The predicted molar refractivity (Wildman–Crippen MR) is 97.1 cm³/mol. The first kappa shape index (κ1) is 17.7. The van der Waals surface area contributed by atoms with Gasteiger partial charge in [-0.15, -0.1) is 24.0 Å². The van der Waals surface area contributed by atoms with Crippen LogP contribution in [0.4, 0.5) is 5.69 Å². The monoisotopic (exact) mass is 402 g/mol. The van der Waals surface area contributed by atoms with E-state index in [1.165, 1.54) is 5.56 Å². The average molecular weight is 402 g/mol. The summed E-state index contributed by atoms with van der Waals surface area (Å²) in [4.78, 5) is 15.6. The third-order valence-corrected chi connectivity index (χ3v) is 3.25. The summed E-state index contributed by atoms with van der Waals surface area (Å²) in [5.74, 6) is 0.757. The van der Waals surface area contributed by atoms with Crippen LogP contribution in [0.5, 0.6) is 0 Å². The second kappa shape index (κ2) is 8.86. The summed E-state index contributed by atoms with van der Waals surface area (Å²) in [6.45, 7) is 3.14. The number of carbonyl (C=O) groups excluding carboxylic acids is 1. The van der Waals surface area contributed by atoms with E-state index in [1.807, 2.05) is 12.1 Å². The fourth-order valence-electron chi connectivity index (χ4n) is 1.90. The fourth-order valence-corrected chi connectivity index (χ4v) is 1.90. The van der Waals surface area contributed by atoms with Gasteiger partial charge in [-0.1, -0.05) is 19.1 Å². The molecule has 0 heterocycles. The Morgan fingerprint density at radius 2 is 2.19 bits per heavy atom. The van der Waals surface area contributed by atoms with E-state index in [0.717, 1.165) is 24.9 Å². The van der Waals surface area contributed by atoms with Gasteiger partial charge in [0.2, 0.25) is 5.91 Å². The van der Waals surface area contributed by atoms with Gasteiger partial charge in [0.15, 0.2) is 5.96 Å². The third kappa shape index (κ3) is 6.33. The highest BCUT2D eigenvalue weighted by Gasteiger charge is 2.28. The molecule has 0 unspecified atom stereocenters. The molecular weight excluding hydrogens is 379 g/mol. The standard InChI is InChI=1S/C15H22N4O.HI/c1-2-11-4-3-5-13(10-11)19-15(16)18-9-8-17-14(20)12-6-7-12;/h3-5,10,12H,2,6-9H2,1H3,(H,17,20)(H3,16,18,19);1H. The lowest BCUT2D eigenvalue weighted by atomic mass is 10.1. The Balaban J connectivity index is 0.00000220. The minimum Gasteiger partial charge on any atom is -0.370 e. The second-order valence-electron chi connectivity index (χ2n) is 5.01. The molecule has 1 fully saturated rings. The maximum absolute atomic E-state index is 11.4. The van der Waals surface area contributed by atoms with Crippen LogP contribution >= 0.6 is 24.0 Å². The van der Waals surface area contributed by atoms with E-state index < -0.39 is 0 Å². The number of benzene rings is 1. The Morgan fingerprint density at radius 3 is 2.86 bits per heavy atom. The van der Waals surface area contributed by atoms with E-state index in [9.17, 15) is 4.79 Å². The number of aliphatic imine (C=N–C) groups is 1. The Morgan fingerprint density at radius 1 is 1.43 bits per heavy atom. The molecule has 0 saturated heterocycles. The van der Waals surface area contributed by atoms with Gasteiger partial charge in [-0.05, 0) is 37.0 Å². The van der Waals surface area contributed by atoms with Crippen LogP contribution in [-0.2, 0) is 11.2 Å². The predicted octanol–water partition coefficient (Wildman–Crippen LogP) is 2.12. The molecule has 0 spiro atoms. The van der Waals surface area contributed by atoms with Crippen molar-refractivity contribution in [2.75, 3.05) is 18.4 Å². The molecule has 1 amide bonds. The maximum atomic E-state index is 11.4. The molecule has 1 aliphatic rings. The summed E-state index contributed by atoms with van der Waals surface area (Å²) < 4.78 is 0. The summed E-state index contributed by atoms with van der Waals surface area (Å²) >= 11 is 0. The number of nitrogens with one attached hydrogen (secondary N) is 2. The van der Waals surface area contributed by atoms with E-state index in [2.05, 4.69) is 34.7 Å². The molecular formula is C15H23IN4O. The third-order valence-electron chi connectivity index (χ3n) is 3.25. The molecule has 1 aliphatic carbocycles. The summed E-state index contributed by atoms with van der Waals surface area (Å²) in [5.41, 5.74) is 8.00. The molecule has 0 aliphatic heterocycles. The lowest BCUT2D eigenvalue weighted by molar-refractivity contribution is -0.122. The molecule has 1 saturated carbocycles. The van der Waals surface area contributed by atoms with Crippen LogP contribution < -0.4 is 16.4 Å². The van der Waals surface area contributed by atoms with Gasteiger partial charge in [0.05, 0.1) is 6.54 Å². The van der Waals surface area contributed by atoms with Crippen molar-refractivity contribution in [1.82, 2.24) is 5.32 Å². The van der Waals surface area contributed by atoms with Crippen LogP contribution in [0.2, 0.25) is 0 Å². The molecule has 6 heteroatoms. The van der Waals surface area contributed by atoms with E-state index in [-0.39, 0.29) is 35.8 Å². The van der Waals surface area contributed by atoms with Gasteiger partial charge in [0, 0.05) is 18.2 Å². The Bertz CT molecular complexity index is 500. The largest absolute Gasteiger partial charge is 0.370 e. The van der Waals surface area contributed by atoms with Gasteiger partial charge in [-0.2, -0.15) is 0 Å². The van der Waals surface area contributed by atoms with Gasteiger partial charge in [0.1, 0.15) is 0 Å². The smallest absolute Gasteiger partial charge is 0.223 e. The molecule has 0 bridgehead atoms. The Kier molecular flexibility index (Phi) is 7.49. The number of halogens is 1. The van der Waals surface area contributed by atoms with Crippen molar-refractivity contribution in [3.63, 3.8) is 0 Å². The second-order valence-corrected chi connectivity index (χ2v) is 5.01. The Labute approximate surface area is 142 Å². The Hall–Kier alpha value is -1.31. The number of amides is 1. The number of hydrogen-bond donors (Lipinski definition) is 3. The molecule has 0 atom stereocenters. The van der Waals surface area contributed by atoms with E-state index >= 15 is 0 Å². The average Bonchev–Trinajstić information content (AvgIpc) is 3.28. The number of nitrogens with two attached hydrogens (primary N) is 1. The lowest BCUT2D eigenvalue weighted by Crippen LogP contribution is -2.29. The maximum Gasteiger partial charge on any atom is 0.223 e. The first-order chi connectivity index (χ1) is 9.69. The molecule has 2 rings (SSSR count). The van der Waals surface area contributed by atoms with Gasteiger partial charge < -0.3 is 16.4 Å². The molecule has 4 N–H and O–H groups in total. The van der Waals surface area contributed by atoms with Crippen LogP contribution in [0.25, 0.3) is 0 Å². The van der Waals surface area contributed by atoms with Crippen molar-refractivity contribution in [3.05, 3.63) is 29.8 Å². The number of anilines is 1. The van der Waals surface area contributed by atoms with Gasteiger partial charge in [-0.3, -0.25) is 9.79 Å². The van der Waals surface area contributed by atoms with Crippen molar-refractivity contribution < 1.29 is 4.79 Å². The van der Waals surface area contributed by atoms with Crippen LogP contribution in [0.15, 0.2) is 29.3 Å². The van der Waals surface area contributed by atoms with E-state index in [0.29, 0.717) is 19.0 Å². The highest BCUT2D eigenvalue weighted by Crippen LogP contribution is 2.28. The van der Waals surface area contributed by atoms with Crippen LogP contribution in [0.3, 0.4) is 0 Å². The van der Waals surface area contributed by atoms with Crippen molar-refractivity contribution in [2.45, 2.75) is 26.2 Å². The molecule has 116 valence electrons. The zero-order chi connectivity index (χ0) is 14.4.